The van der Waals surface area contributed by atoms with Crippen LogP contribution in [0.2, 0.25) is 0 Å². The number of aryl methyl sites for hydroxylation is 1. The lowest BCUT2D eigenvalue weighted by molar-refractivity contribution is -0.135. The minimum absolute atomic E-state index is 0.0751. The van der Waals surface area contributed by atoms with Crippen LogP contribution < -0.4 is 5.73 Å². The van der Waals surface area contributed by atoms with Gasteiger partial charge in [-0.1, -0.05) is 6.92 Å². The number of likely N-dealkylation sites (N-methyl/N-ethyl adjacent to an activating group) is 1. The molecule has 1 saturated heterocycles. The van der Waals surface area contributed by atoms with Gasteiger partial charge in [0.1, 0.15) is 0 Å². The first-order valence-electron chi connectivity index (χ1n) is 5.73. The van der Waals surface area contributed by atoms with Crippen molar-refractivity contribution in [1.29, 1.82) is 0 Å². The fourth-order valence-corrected chi connectivity index (χ4v) is 3.38. The third-order valence-corrected chi connectivity index (χ3v) is 4.53. The summed E-state index contributed by atoms with van der Waals surface area (Å²) in [5, 5.41) is 0. The molecule has 0 spiro atoms. The molecule has 4 heteroatoms. The SMILES string of the molecule is CCc1ccc(C2C(N)CCC(=O)N2C)s1. The maximum absolute atomic E-state index is 11.7. The number of nitrogens with zero attached hydrogens (tertiary/aromatic N) is 1. The number of piperidine rings is 1. The Morgan fingerprint density at radius 2 is 2.31 bits per heavy atom. The highest BCUT2D eigenvalue weighted by molar-refractivity contribution is 7.12. The summed E-state index contributed by atoms with van der Waals surface area (Å²) in [5.41, 5.74) is 6.13. The molecule has 2 rings (SSSR count). The Kier molecular flexibility index (Phi) is 3.30. The van der Waals surface area contributed by atoms with Crippen molar-refractivity contribution < 1.29 is 4.79 Å². The van der Waals surface area contributed by atoms with E-state index < -0.39 is 0 Å². The Morgan fingerprint density at radius 3 is 2.94 bits per heavy atom. The number of carbonyl (C=O) groups is 1. The van der Waals surface area contributed by atoms with Gasteiger partial charge >= 0.3 is 0 Å². The van der Waals surface area contributed by atoms with E-state index in [1.807, 2.05) is 7.05 Å². The van der Waals surface area contributed by atoms with Gasteiger partial charge in [0.15, 0.2) is 0 Å². The van der Waals surface area contributed by atoms with Crippen LogP contribution in [0.1, 0.15) is 35.6 Å². The molecule has 1 fully saturated rings. The van der Waals surface area contributed by atoms with Gasteiger partial charge in [-0.05, 0) is 25.0 Å². The fraction of sp³-hybridized carbons (Fsp3) is 0.583. The van der Waals surface area contributed by atoms with Crippen LogP contribution in [-0.2, 0) is 11.2 Å². The summed E-state index contributed by atoms with van der Waals surface area (Å²) in [6.07, 6.45) is 2.43. The Morgan fingerprint density at radius 1 is 1.56 bits per heavy atom. The molecular formula is C12H18N2OS. The van der Waals surface area contributed by atoms with Crippen LogP contribution >= 0.6 is 11.3 Å². The molecular weight excluding hydrogens is 220 g/mol. The second-order valence-corrected chi connectivity index (χ2v) is 5.51. The van der Waals surface area contributed by atoms with Crippen molar-refractivity contribution in [1.82, 2.24) is 4.90 Å². The Balaban J connectivity index is 2.26. The van der Waals surface area contributed by atoms with E-state index >= 15 is 0 Å². The minimum Gasteiger partial charge on any atom is -0.336 e. The number of rotatable bonds is 2. The predicted octanol–water partition coefficient (Wildman–Crippen LogP) is 1.93. The van der Waals surface area contributed by atoms with Crippen molar-refractivity contribution >= 4 is 17.2 Å². The normalized spacial score (nSPS) is 26.2. The number of hydrogen-bond donors (Lipinski definition) is 1. The standard InChI is InChI=1S/C12H18N2OS/c1-3-8-4-6-10(16-8)12-9(13)5-7-11(15)14(12)2/h4,6,9,12H,3,5,7,13H2,1-2H3. The summed E-state index contributed by atoms with van der Waals surface area (Å²) in [6, 6.07) is 4.40. The molecule has 1 aliphatic rings. The molecule has 2 heterocycles. The van der Waals surface area contributed by atoms with Gasteiger partial charge in [-0.25, -0.2) is 0 Å². The van der Waals surface area contributed by atoms with E-state index in [0.717, 1.165) is 12.8 Å². The minimum atomic E-state index is 0.0751. The Labute approximate surface area is 100 Å². The van der Waals surface area contributed by atoms with E-state index in [2.05, 4.69) is 19.1 Å². The molecule has 0 bridgehead atoms. The molecule has 2 unspecified atom stereocenters. The average molecular weight is 238 g/mol. The van der Waals surface area contributed by atoms with Crippen LogP contribution in [0.3, 0.4) is 0 Å². The van der Waals surface area contributed by atoms with Crippen molar-refractivity contribution in [2.45, 2.75) is 38.3 Å². The predicted molar refractivity (Wildman–Crippen MR) is 66.4 cm³/mol. The molecule has 0 aliphatic carbocycles. The van der Waals surface area contributed by atoms with Crippen molar-refractivity contribution in [3.8, 4) is 0 Å². The summed E-state index contributed by atoms with van der Waals surface area (Å²) in [7, 11) is 1.86. The largest absolute Gasteiger partial charge is 0.336 e. The molecule has 2 atom stereocenters. The van der Waals surface area contributed by atoms with Crippen LogP contribution in [-0.4, -0.2) is 23.9 Å². The topological polar surface area (TPSA) is 46.3 Å². The Bertz CT molecular complexity index is 388. The van der Waals surface area contributed by atoms with Crippen LogP contribution in [0.25, 0.3) is 0 Å². The third kappa shape index (κ3) is 1.99. The van der Waals surface area contributed by atoms with Crippen molar-refractivity contribution in [2.24, 2.45) is 5.73 Å². The molecule has 3 nitrogen and oxygen atoms in total. The Hall–Kier alpha value is -0.870. The molecule has 0 aromatic carbocycles. The van der Waals surface area contributed by atoms with Gasteiger partial charge in [0, 0.05) is 29.3 Å². The quantitative estimate of drug-likeness (QED) is 0.855. The summed E-state index contributed by atoms with van der Waals surface area (Å²) >= 11 is 1.78. The number of nitrogens with two attached hydrogens (primary N) is 1. The van der Waals surface area contributed by atoms with Crippen molar-refractivity contribution in [2.75, 3.05) is 7.05 Å². The number of likely N-dealkylation sites (tertiary alicyclic amines) is 1. The lowest BCUT2D eigenvalue weighted by Gasteiger charge is -2.36. The van der Waals surface area contributed by atoms with Crippen molar-refractivity contribution in [3.63, 3.8) is 0 Å². The molecule has 0 saturated carbocycles. The zero-order chi connectivity index (χ0) is 11.7. The molecule has 88 valence electrons. The average Bonchev–Trinajstić information content (AvgIpc) is 2.73. The molecule has 1 aliphatic heterocycles. The highest BCUT2D eigenvalue weighted by Gasteiger charge is 2.33. The summed E-state index contributed by atoms with van der Waals surface area (Å²) in [4.78, 5) is 16.1. The summed E-state index contributed by atoms with van der Waals surface area (Å²) in [5.74, 6) is 0.207. The number of hydrogen-bond acceptors (Lipinski definition) is 3. The first-order valence-corrected chi connectivity index (χ1v) is 6.55. The van der Waals surface area contributed by atoms with Gasteiger partial charge in [0.05, 0.1) is 6.04 Å². The lowest BCUT2D eigenvalue weighted by Crippen LogP contribution is -2.46. The van der Waals surface area contributed by atoms with E-state index in [0.29, 0.717) is 6.42 Å². The molecule has 1 amide bonds. The molecule has 1 aromatic rings. The maximum atomic E-state index is 11.7. The number of thiophene rings is 1. The summed E-state index contributed by atoms with van der Waals surface area (Å²) < 4.78 is 0. The first-order chi connectivity index (χ1) is 7.63. The number of amides is 1. The molecule has 1 aromatic heterocycles. The van der Waals surface area contributed by atoms with Gasteiger partial charge in [0.25, 0.3) is 0 Å². The van der Waals surface area contributed by atoms with Gasteiger partial charge < -0.3 is 10.6 Å². The van der Waals surface area contributed by atoms with Crippen LogP contribution in [0.4, 0.5) is 0 Å². The van der Waals surface area contributed by atoms with E-state index in [1.165, 1.54) is 9.75 Å². The van der Waals surface area contributed by atoms with Crippen molar-refractivity contribution in [3.05, 3.63) is 21.9 Å². The number of carbonyl (C=O) groups excluding carboxylic acids is 1. The van der Waals surface area contributed by atoms with Gasteiger partial charge in [-0.3, -0.25) is 4.79 Å². The van der Waals surface area contributed by atoms with Gasteiger partial charge in [0.2, 0.25) is 5.91 Å². The van der Waals surface area contributed by atoms with E-state index in [1.54, 1.807) is 16.2 Å². The monoisotopic (exact) mass is 238 g/mol. The van der Waals surface area contributed by atoms with Crippen LogP contribution in [0.5, 0.6) is 0 Å². The zero-order valence-electron chi connectivity index (χ0n) is 9.77. The molecule has 16 heavy (non-hydrogen) atoms. The fourth-order valence-electron chi connectivity index (χ4n) is 2.21. The second-order valence-electron chi connectivity index (χ2n) is 4.31. The third-order valence-electron chi connectivity index (χ3n) is 3.23. The lowest BCUT2D eigenvalue weighted by atomic mass is 9.96. The van der Waals surface area contributed by atoms with Crippen LogP contribution in [0, 0.1) is 0 Å². The molecule has 0 radical (unpaired) electrons. The highest BCUT2D eigenvalue weighted by atomic mass is 32.1. The van der Waals surface area contributed by atoms with E-state index in [9.17, 15) is 4.79 Å². The van der Waals surface area contributed by atoms with Crippen LogP contribution in [0.15, 0.2) is 12.1 Å². The van der Waals surface area contributed by atoms with E-state index in [-0.39, 0.29) is 18.0 Å². The first kappa shape index (κ1) is 11.6. The van der Waals surface area contributed by atoms with Gasteiger partial charge in [-0.15, -0.1) is 11.3 Å². The maximum Gasteiger partial charge on any atom is 0.222 e. The highest BCUT2D eigenvalue weighted by Crippen LogP contribution is 2.33. The summed E-state index contributed by atoms with van der Waals surface area (Å²) in [6.45, 7) is 2.14. The second kappa shape index (κ2) is 4.55. The zero-order valence-corrected chi connectivity index (χ0v) is 10.6. The smallest absolute Gasteiger partial charge is 0.222 e. The van der Waals surface area contributed by atoms with Gasteiger partial charge in [-0.2, -0.15) is 0 Å². The molecule has 2 N–H and O–H groups in total. The van der Waals surface area contributed by atoms with E-state index in [4.69, 9.17) is 5.73 Å².